The van der Waals surface area contributed by atoms with E-state index < -0.39 is 0 Å². The van der Waals surface area contributed by atoms with Crippen LogP contribution in [0.1, 0.15) is 45.4 Å². The highest BCUT2D eigenvalue weighted by molar-refractivity contribution is 5.80. The van der Waals surface area contributed by atoms with Crippen molar-refractivity contribution in [1.29, 1.82) is 0 Å². The summed E-state index contributed by atoms with van der Waals surface area (Å²) in [5.41, 5.74) is 0. The van der Waals surface area contributed by atoms with E-state index in [2.05, 4.69) is 17.1 Å². The number of amides is 1. The van der Waals surface area contributed by atoms with Gasteiger partial charge in [0, 0.05) is 19.1 Å². The van der Waals surface area contributed by atoms with Gasteiger partial charge < -0.3 is 10.2 Å². The van der Waals surface area contributed by atoms with Gasteiger partial charge in [0.1, 0.15) is 0 Å². The molecule has 2 heterocycles. The molecule has 4 unspecified atom stereocenters. The number of carbonyl (C=O) groups excluding carboxylic acids is 1. The summed E-state index contributed by atoms with van der Waals surface area (Å²) in [5.74, 6) is 2.01. The van der Waals surface area contributed by atoms with Crippen LogP contribution >= 0.6 is 0 Å². The molecule has 0 radical (unpaired) electrons. The van der Waals surface area contributed by atoms with Gasteiger partial charge >= 0.3 is 0 Å². The lowest BCUT2D eigenvalue weighted by Crippen LogP contribution is -2.52. The third kappa shape index (κ3) is 2.18. The van der Waals surface area contributed by atoms with E-state index in [0.717, 1.165) is 25.6 Å². The highest BCUT2D eigenvalue weighted by Gasteiger charge is 2.40. The van der Waals surface area contributed by atoms with Crippen LogP contribution in [0.15, 0.2) is 0 Å². The van der Waals surface area contributed by atoms with Gasteiger partial charge in [-0.05, 0) is 44.1 Å². The molecule has 1 aliphatic carbocycles. The van der Waals surface area contributed by atoms with E-state index in [9.17, 15) is 4.79 Å². The molecule has 3 aliphatic rings. The zero-order chi connectivity index (χ0) is 12.5. The van der Waals surface area contributed by atoms with Gasteiger partial charge in [0.2, 0.25) is 5.91 Å². The van der Waals surface area contributed by atoms with Crippen LogP contribution in [0, 0.1) is 17.8 Å². The Morgan fingerprint density at radius 3 is 2.67 bits per heavy atom. The summed E-state index contributed by atoms with van der Waals surface area (Å²) in [5, 5.41) is 3.37. The summed E-state index contributed by atoms with van der Waals surface area (Å²) >= 11 is 0. The number of hydrogen-bond acceptors (Lipinski definition) is 2. The van der Waals surface area contributed by atoms with Crippen LogP contribution in [0.4, 0.5) is 0 Å². The lowest BCUT2D eigenvalue weighted by atomic mass is 9.77. The zero-order valence-electron chi connectivity index (χ0n) is 11.5. The molecule has 2 aliphatic heterocycles. The van der Waals surface area contributed by atoms with Crippen molar-refractivity contribution in [3.63, 3.8) is 0 Å². The second-order valence-corrected chi connectivity index (χ2v) is 6.53. The number of hydrogen-bond donors (Lipinski definition) is 1. The molecule has 0 aromatic rings. The maximum atomic E-state index is 12.8. The maximum Gasteiger partial charge on any atom is 0.227 e. The fraction of sp³-hybridized carbons (Fsp3) is 0.933. The average Bonchev–Trinajstić information content (AvgIpc) is 2.83. The van der Waals surface area contributed by atoms with E-state index in [1.54, 1.807) is 0 Å². The van der Waals surface area contributed by atoms with Crippen LogP contribution in [0.25, 0.3) is 0 Å². The molecule has 3 fully saturated rings. The van der Waals surface area contributed by atoms with Crippen LogP contribution in [-0.2, 0) is 4.79 Å². The number of piperidine rings is 1. The number of likely N-dealkylation sites (tertiary alicyclic amines) is 1. The average molecular weight is 250 g/mol. The van der Waals surface area contributed by atoms with Crippen molar-refractivity contribution in [2.45, 2.75) is 51.5 Å². The fourth-order valence-electron chi connectivity index (χ4n) is 4.25. The Labute approximate surface area is 110 Å². The van der Waals surface area contributed by atoms with Gasteiger partial charge in [-0.2, -0.15) is 0 Å². The first-order valence-electron chi connectivity index (χ1n) is 7.78. The van der Waals surface area contributed by atoms with Gasteiger partial charge in [-0.25, -0.2) is 0 Å². The van der Waals surface area contributed by atoms with Gasteiger partial charge in [0.05, 0.1) is 5.92 Å². The van der Waals surface area contributed by atoms with E-state index >= 15 is 0 Å². The molecule has 4 atom stereocenters. The van der Waals surface area contributed by atoms with Crippen molar-refractivity contribution in [2.75, 3.05) is 19.6 Å². The maximum absolute atomic E-state index is 12.8. The third-order valence-corrected chi connectivity index (χ3v) is 5.36. The molecule has 3 nitrogen and oxygen atoms in total. The van der Waals surface area contributed by atoms with Gasteiger partial charge in [-0.15, -0.1) is 0 Å². The van der Waals surface area contributed by atoms with Gasteiger partial charge in [0.25, 0.3) is 0 Å². The number of rotatable bonds is 1. The molecule has 0 bridgehead atoms. The molecule has 0 aromatic heterocycles. The second-order valence-electron chi connectivity index (χ2n) is 6.53. The number of carbonyl (C=O) groups is 1. The number of nitrogens with zero attached hydrogens (tertiary/aromatic N) is 1. The molecule has 2 saturated heterocycles. The Morgan fingerprint density at radius 2 is 1.89 bits per heavy atom. The van der Waals surface area contributed by atoms with Crippen molar-refractivity contribution in [1.82, 2.24) is 10.2 Å². The van der Waals surface area contributed by atoms with Crippen molar-refractivity contribution in [3.8, 4) is 0 Å². The number of nitrogens with one attached hydrogen (secondary N) is 1. The summed E-state index contributed by atoms with van der Waals surface area (Å²) in [6.45, 7) is 5.14. The van der Waals surface area contributed by atoms with Crippen LogP contribution in [0.2, 0.25) is 0 Å². The zero-order valence-corrected chi connectivity index (χ0v) is 11.5. The summed E-state index contributed by atoms with van der Waals surface area (Å²) in [7, 11) is 0. The minimum Gasteiger partial charge on any atom is -0.339 e. The molecule has 0 spiro atoms. The monoisotopic (exact) mass is 250 g/mol. The Hall–Kier alpha value is -0.570. The normalized spacial score (nSPS) is 40.6. The SMILES string of the molecule is CC1CNCC1C(=O)N1CCCC2CCCCC21. The molecule has 1 amide bonds. The van der Waals surface area contributed by atoms with Gasteiger partial charge in [-0.3, -0.25) is 4.79 Å². The molecular formula is C15H26N2O. The van der Waals surface area contributed by atoms with Crippen molar-refractivity contribution in [3.05, 3.63) is 0 Å². The van der Waals surface area contributed by atoms with E-state index in [1.165, 1.54) is 38.5 Å². The number of fused-ring (bicyclic) bond motifs is 1. The van der Waals surface area contributed by atoms with E-state index in [4.69, 9.17) is 0 Å². The minimum atomic E-state index is 0.241. The predicted molar refractivity (Wildman–Crippen MR) is 72.2 cm³/mol. The molecule has 18 heavy (non-hydrogen) atoms. The first-order valence-corrected chi connectivity index (χ1v) is 7.78. The predicted octanol–water partition coefficient (Wildman–Crippen LogP) is 2.02. The first-order chi connectivity index (χ1) is 8.77. The molecule has 3 heteroatoms. The van der Waals surface area contributed by atoms with E-state index in [1.807, 2.05) is 0 Å². The molecule has 1 N–H and O–H groups in total. The highest BCUT2D eigenvalue weighted by atomic mass is 16.2. The quantitative estimate of drug-likeness (QED) is 0.772. The summed E-state index contributed by atoms with van der Waals surface area (Å²) in [6, 6.07) is 0.577. The molecule has 1 saturated carbocycles. The van der Waals surface area contributed by atoms with Gasteiger partial charge in [-0.1, -0.05) is 19.8 Å². The standard InChI is InChI=1S/C15H26N2O/c1-11-9-16-10-13(11)15(18)17-8-4-6-12-5-2-3-7-14(12)17/h11-14,16H,2-10H2,1H3. The summed E-state index contributed by atoms with van der Waals surface area (Å²) in [6.07, 6.45) is 7.89. The Bertz CT molecular complexity index is 316. The lowest BCUT2D eigenvalue weighted by Gasteiger charge is -2.45. The van der Waals surface area contributed by atoms with Crippen molar-refractivity contribution >= 4 is 5.91 Å². The Balaban J connectivity index is 1.71. The summed E-state index contributed by atoms with van der Waals surface area (Å²) in [4.78, 5) is 15.0. The van der Waals surface area contributed by atoms with Crippen molar-refractivity contribution < 1.29 is 4.79 Å². The highest BCUT2D eigenvalue weighted by Crippen LogP contribution is 2.36. The van der Waals surface area contributed by atoms with Crippen molar-refractivity contribution in [2.24, 2.45) is 17.8 Å². The van der Waals surface area contributed by atoms with Crippen LogP contribution in [0.5, 0.6) is 0 Å². The minimum absolute atomic E-state index is 0.241. The largest absolute Gasteiger partial charge is 0.339 e. The van der Waals surface area contributed by atoms with E-state index in [-0.39, 0.29) is 5.92 Å². The smallest absolute Gasteiger partial charge is 0.227 e. The third-order valence-electron chi connectivity index (χ3n) is 5.36. The van der Waals surface area contributed by atoms with Crippen LogP contribution in [0.3, 0.4) is 0 Å². The molecule has 3 rings (SSSR count). The summed E-state index contributed by atoms with van der Waals surface area (Å²) < 4.78 is 0. The van der Waals surface area contributed by atoms with E-state index in [0.29, 0.717) is 17.9 Å². The fourth-order valence-corrected chi connectivity index (χ4v) is 4.25. The topological polar surface area (TPSA) is 32.3 Å². The molecule has 0 aromatic carbocycles. The lowest BCUT2D eigenvalue weighted by molar-refractivity contribution is -0.142. The molecular weight excluding hydrogens is 224 g/mol. The van der Waals surface area contributed by atoms with Crippen LogP contribution < -0.4 is 5.32 Å². The Kier molecular flexibility index (Phi) is 3.60. The van der Waals surface area contributed by atoms with Crippen LogP contribution in [-0.4, -0.2) is 36.5 Å². The Morgan fingerprint density at radius 1 is 1.11 bits per heavy atom. The van der Waals surface area contributed by atoms with Gasteiger partial charge in [0.15, 0.2) is 0 Å². The molecule has 102 valence electrons. The second kappa shape index (κ2) is 5.20. The first kappa shape index (κ1) is 12.5.